The van der Waals surface area contributed by atoms with Crippen LogP contribution in [0.4, 0.5) is 0 Å². The quantitative estimate of drug-likeness (QED) is 0.176. The van der Waals surface area contributed by atoms with Gasteiger partial charge in [0.05, 0.1) is 19.6 Å². The number of carbonyl (C=O) groups excluding carboxylic acids is 1. The highest BCUT2D eigenvalue weighted by Crippen LogP contribution is 2.45. The lowest BCUT2D eigenvalue weighted by Crippen LogP contribution is -2.22. The molecule has 1 aliphatic rings. The van der Waals surface area contributed by atoms with E-state index in [1.54, 1.807) is 25.3 Å². The molecule has 1 aliphatic heterocycles. The molecule has 0 saturated heterocycles. The van der Waals surface area contributed by atoms with Crippen LogP contribution >= 0.6 is 0 Å². The first-order chi connectivity index (χ1) is 19.4. The third-order valence-corrected chi connectivity index (χ3v) is 6.85. The molecule has 1 unspecified atom stereocenters. The number of methoxy groups -OCH3 is 1. The van der Waals surface area contributed by atoms with Gasteiger partial charge in [0.1, 0.15) is 28.9 Å². The number of aryl methyl sites for hydroxylation is 1. The maximum absolute atomic E-state index is 12.5. The van der Waals surface area contributed by atoms with E-state index in [0.717, 1.165) is 36.0 Å². The maximum Gasteiger partial charge on any atom is 0.349 e. The predicted octanol–water partition coefficient (Wildman–Crippen LogP) is 6.08. The average Bonchev–Trinajstić information content (AvgIpc) is 2.95. The van der Waals surface area contributed by atoms with Crippen LogP contribution in [0.5, 0.6) is 28.7 Å². The van der Waals surface area contributed by atoms with E-state index in [1.807, 2.05) is 50.2 Å². The number of allylic oxidation sites excluding steroid dienone is 1. The van der Waals surface area contributed by atoms with Crippen molar-refractivity contribution in [3.8, 4) is 34.8 Å². The van der Waals surface area contributed by atoms with Crippen LogP contribution in [0.15, 0.2) is 66.1 Å². The van der Waals surface area contributed by atoms with Gasteiger partial charge in [-0.15, -0.1) is 0 Å². The van der Waals surface area contributed by atoms with Gasteiger partial charge in [-0.25, -0.2) is 4.79 Å². The van der Waals surface area contributed by atoms with Gasteiger partial charge in [-0.05, 0) is 61.2 Å². The number of carbonyl (C=O) groups is 1. The van der Waals surface area contributed by atoms with Gasteiger partial charge in [0, 0.05) is 11.6 Å². The molecule has 0 fully saturated rings. The molecule has 8 heteroatoms. The molecular weight excluding hydrogens is 508 g/mol. The average molecular weight is 543 g/mol. The number of hydrogen-bond donors (Lipinski definition) is 1. The Morgan fingerprint density at radius 2 is 1.85 bits per heavy atom. The maximum atomic E-state index is 12.5. The van der Waals surface area contributed by atoms with Gasteiger partial charge >= 0.3 is 5.97 Å². The van der Waals surface area contributed by atoms with Crippen LogP contribution in [0, 0.1) is 25.2 Å². The summed E-state index contributed by atoms with van der Waals surface area (Å²) < 4.78 is 28.5. The largest absolute Gasteiger partial charge is 0.493 e. The lowest BCUT2D eigenvalue weighted by atomic mass is 9.83. The molecule has 0 saturated carbocycles. The van der Waals surface area contributed by atoms with Crippen LogP contribution in [0.25, 0.3) is 0 Å². The first-order valence-corrected chi connectivity index (χ1v) is 13.3. The molecular formula is C32H34N2O6. The Hall–Kier alpha value is -4.64. The number of unbranched alkanes of at least 4 members (excludes halogenated alkanes) is 2. The molecule has 1 heterocycles. The van der Waals surface area contributed by atoms with Crippen molar-refractivity contribution >= 4 is 5.97 Å². The van der Waals surface area contributed by atoms with Crippen LogP contribution < -0.4 is 29.4 Å². The molecule has 8 nitrogen and oxygen atoms in total. The SMILES string of the molecule is CCCCCOc1ccc(C2C(C#N)=C(N)Oc3cc(OC(=O)COc4cccc(C)c4C)ccc32)cc1OC. The Bertz CT molecular complexity index is 1460. The number of nitrogens with two attached hydrogens (primary N) is 1. The van der Waals surface area contributed by atoms with Crippen molar-refractivity contribution in [3.63, 3.8) is 0 Å². The molecule has 0 amide bonds. The Balaban J connectivity index is 1.54. The van der Waals surface area contributed by atoms with E-state index in [9.17, 15) is 10.1 Å². The summed E-state index contributed by atoms with van der Waals surface area (Å²) in [5.74, 6) is 1.41. The van der Waals surface area contributed by atoms with Crippen molar-refractivity contribution in [1.29, 1.82) is 5.26 Å². The lowest BCUT2D eigenvalue weighted by molar-refractivity contribution is -0.136. The van der Waals surface area contributed by atoms with E-state index in [-0.39, 0.29) is 23.8 Å². The van der Waals surface area contributed by atoms with E-state index < -0.39 is 11.9 Å². The number of fused-ring (bicyclic) bond motifs is 1. The standard InChI is InChI=1S/C32H34N2O6/c1-5-6-7-15-37-27-14-11-22(16-29(27)36-4)31-24-13-12-23(17-28(24)40-32(34)25(31)18-33)39-30(35)19-38-26-10-8-9-20(2)21(26)3/h8-14,16-17,31H,5-7,15,19,34H2,1-4H3. The predicted molar refractivity (Wildman–Crippen MR) is 151 cm³/mol. The second kappa shape index (κ2) is 12.9. The summed E-state index contributed by atoms with van der Waals surface area (Å²) in [7, 11) is 1.58. The molecule has 208 valence electrons. The molecule has 0 aliphatic carbocycles. The van der Waals surface area contributed by atoms with Gasteiger partial charge in [0.25, 0.3) is 0 Å². The Morgan fingerprint density at radius 3 is 2.60 bits per heavy atom. The topological polar surface area (TPSA) is 113 Å². The van der Waals surface area contributed by atoms with Crippen molar-refractivity contribution in [2.24, 2.45) is 5.73 Å². The van der Waals surface area contributed by atoms with Crippen molar-refractivity contribution in [3.05, 3.63) is 88.3 Å². The highest BCUT2D eigenvalue weighted by atomic mass is 16.6. The number of hydrogen-bond acceptors (Lipinski definition) is 8. The second-order valence-electron chi connectivity index (χ2n) is 9.55. The molecule has 0 bridgehead atoms. The summed E-state index contributed by atoms with van der Waals surface area (Å²) >= 11 is 0. The molecule has 0 radical (unpaired) electrons. The van der Waals surface area contributed by atoms with Crippen LogP contribution in [0.3, 0.4) is 0 Å². The monoisotopic (exact) mass is 542 g/mol. The smallest absolute Gasteiger partial charge is 0.349 e. The Labute approximate surface area is 234 Å². The molecule has 0 aromatic heterocycles. The summed E-state index contributed by atoms with van der Waals surface area (Å²) in [6.07, 6.45) is 3.15. The highest BCUT2D eigenvalue weighted by molar-refractivity contribution is 5.74. The van der Waals surface area contributed by atoms with Crippen LogP contribution in [0.2, 0.25) is 0 Å². The molecule has 0 spiro atoms. The second-order valence-corrected chi connectivity index (χ2v) is 9.55. The summed E-state index contributed by atoms with van der Waals surface area (Å²) in [6, 6.07) is 18.4. The molecule has 40 heavy (non-hydrogen) atoms. The first kappa shape index (κ1) is 28.4. The van der Waals surface area contributed by atoms with Gasteiger partial charge in [-0.3, -0.25) is 0 Å². The molecule has 3 aromatic rings. The van der Waals surface area contributed by atoms with Crippen LogP contribution in [-0.2, 0) is 4.79 Å². The fourth-order valence-corrected chi connectivity index (χ4v) is 4.54. The fourth-order valence-electron chi connectivity index (χ4n) is 4.54. The molecule has 2 N–H and O–H groups in total. The highest BCUT2D eigenvalue weighted by Gasteiger charge is 2.32. The minimum absolute atomic E-state index is 0.0133. The first-order valence-electron chi connectivity index (χ1n) is 13.3. The van der Waals surface area contributed by atoms with Crippen molar-refractivity contribution < 1.29 is 28.5 Å². The third-order valence-electron chi connectivity index (χ3n) is 6.85. The van der Waals surface area contributed by atoms with Crippen LogP contribution in [-0.4, -0.2) is 26.3 Å². The van der Waals surface area contributed by atoms with E-state index in [1.165, 1.54) is 0 Å². The minimum atomic E-state index is -0.561. The summed E-state index contributed by atoms with van der Waals surface area (Å²) in [5.41, 5.74) is 9.97. The van der Waals surface area contributed by atoms with E-state index >= 15 is 0 Å². The molecule has 3 aromatic carbocycles. The van der Waals surface area contributed by atoms with Crippen LogP contribution in [0.1, 0.15) is 54.4 Å². The van der Waals surface area contributed by atoms with Gasteiger partial charge in [-0.2, -0.15) is 5.26 Å². The zero-order valence-electron chi connectivity index (χ0n) is 23.3. The van der Waals surface area contributed by atoms with Gasteiger partial charge in [-0.1, -0.05) is 44.0 Å². The summed E-state index contributed by atoms with van der Waals surface area (Å²) in [6.45, 7) is 6.40. The molecule has 4 rings (SSSR count). The number of ether oxygens (including phenoxy) is 5. The van der Waals surface area contributed by atoms with Crippen molar-refractivity contribution in [1.82, 2.24) is 0 Å². The number of rotatable bonds is 11. The van der Waals surface area contributed by atoms with E-state index in [4.69, 9.17) is 29.4 Å². The number of nitriles is 1. The zero-order chi connectivity index (χ0) is 28.6. The van der Waals surface area contributed by atoms with Gasteiger partial charge < -0.3 is 29.4 Å². The number of benzene rings is 3. The van der Waals surface area contributed by atoms with Gasteiger partial charge in [0.15, 0.2) is 18.1 Å². The minimum Gasteiger partial charge on any atom is -0.493 e. The fraction of sp³-hybridized carbons (Fsp3) is 0.312. The van der Waals surface area contributed by atoms with Gasteiger partial charge in [0.2, 0.25) is 5.88 Å². The third kappa shape index (κ3) is 6.32. The van der Waals surface area contributed by atoms with Crippen molar-refractivity contribution in [2.45, 2.75) is 46.0 Å². The molecule has 1 atom stereocenters. The summed E-state index contributed by atoms with van der Waals surface area (Å²) in [5, 5.41) is 9.92. The summed E-state index contributed by atoms with van der Waals surface area (Å²) in [4.78, 5) is 12.5. The Morgan fingerprint density at radius 1 is 1.02 bits per heavy atom. The zero-order valence-corrected chi connectivity index (χ0v) is 23.3. The van der Waals surface area contributed by atoms with E-state index in [0.29, 0.717) is 35.2 Å². The lowest BCUT2D eigenvalue weighted by Gasteiger charge is -2.27. The number of esters is 1. The van der Waals surface area contributed by atoms with E-state index in [2.05, 4.69) is 13.0 Å². The number of nitrogens with zero attached hydrogens (tertiary/aromatic N) is 1. The van der Waals surface area contributed by atoms with Crippen molar-refractivity contribution in [2.75, 3.05) is 20.3 Å². The Kier molecular flexibility index (Phi) is 9.18. The normalized spacial score (nSPS) is 14.0.